The van der Waals surface area contributed by atoms with Crippen molar-refractivity contribution in [2.75, 3.05) is 11.9 Å². The molecule has 0 radical (unpaired) electrons. The third-order valence-electron chi connectivity index (χ3n) is 1.61. The summed E-state index contributed by atoms with van der Waals surface area (Å²) in [6.07, 6.45) is -0.582. The summed E-state index contributed by atoms with van der Waals surface area (Å²) in [7, 11) is 0. The molecular weight excluding hydrogens is 216 g/mol. The predicted octanol–water partition coefficient (Wildman–Crippen LogP) is 1.72. The van der Waals surface area contributed by atoms with Gasteiger partial charge in [-0.3, -0.25) is 10.1 Å². The fourth-order valence-corrected chi connectivity index (χ4v) is 1.95. The molecule has 5 nitrogen and oxygen atoms in total. The van der Waals surface area contributed by atoms with Crippen molar-refractivity contribution in [1.82, 2.24) is 0 Å². The summed E-state index contributed by atoms with van der Waals surface area (Å²) in [6, 6.07) is 1.63. The minimum atomic E-state index is -0.582. The first-order chi connectivity index (χ1) is 7.04. The highest BCUT2D eigenvalue weighted by atomic mass is 32.1. The van der Waals surface area contributed by atoms with Crippen molar-refractivity contribution in [3.8, 4) is 0 Å². The summed E-state index contributed by atoms with van der Waals surface area (Å²) < 4.78 is 4.69. The van der Waals surface area contributed by atoms with Gasteiger partial charge in [-0.2, -0.15) is 0 Å². The number of carbonyl (C=O) groups excluding carboxylic acids is 2. The molecule has 0 saturated heterocycles. The van der Waals surface area contributed by atoms with E-state index in [2.05, 4.69) is 5.32 Å². The summed E-state index contributed by atoms with van der Waals surface area (Å²) >= 11 is 1.28. The molecule has 0 aromatic carbocycles. The monoisotopic (exact) mass is 228 g/mol. The normalized spacial score (nSPS) is 9.73. The second-order valence-electron chi connectivity index (χ2n) is 2.81. The maximum atomic E-state index is 11.1. The van der Waals surface area contributed by atoms with Crippen molar-refractivity contribution in [2.24, 2.45) is 5.73 Å². The first-order valence-electron chi connectivity index (χ1n) is 4.38. The lowest BCUT2D eigenvalue weighted by Crippen LogP contribution is -2.17. The summed E-state index contributed by atoms with van der Waals surface area (Å²) in [6.45, 7) is 3.81. The second kappa shape index (κ2) is 4.79. The highest BCUT2D eigenvalue weighted by Crippen LogP contribution is 2.27. The highest BCUT2D eigenvalue weighted by molar-refractivity contribution is 7.16. The van der Waals surface area contributed by atoms with Crippen LogP contribution in [-0.4, -0.2) is 18.6 Å². The molecule has 6 heteroatoms. The molecule has 2 amide bonds. The van der Waals surface area contributed by atoms with Crippen LogP contribution in [0.15, 0.2) is 6.07 Å². The van der Waals surface area contributed by atoms with E-state index in [1.165, 1.54) is 11.3 Å². The zero-order valence-corrected chi connectivity index (χ0v) is 9.31. The van der Waals surface area contributed by atoms with Crippen molar-refractivity contribution >= 4 is 28.3 Å². The minimum Gasteiger partial charge on any atom is -0.450 e. The summed E-state index contributed by atoms with van der Waals surface area (Å²) in [5.74, 6) is -0.564. The van der Waals surface area contributed by atoms with Crippen LogP contribution in [-0.2, 0) is 4.74 Å². The van der Waals surface area contributed by atoms with Crippen LogP contribution >= 0.6 is 11.3 Å². The molecule has 82 valence electrons. The average molecular weight is 228 g/mol. The van der Waals surface area contributed by atoms with Crippen LogP contribution in [0.5, 0.6) is 0 Å². The SMILES string of the molecule is CCOC(=O)Nc1sc(C)cc1C(N)=O. The van der Waals surface area contributed by atoms with Crippen LogP contribution in [0.3, 0.4) is 0 Å². The number of rotatable bonds is 3. The third kappa shape index (κ3) is 2.95. The highest BCUT2D eigenvalue weighted by Gasteiger charge is 2.14. The predicted molar refractivity (Wildman–Crippen MR) is 58.2 cm³/mol. The van der Waals surface area contributed by atoms with Crippen LogP contribution in [0.1, 0.15) is 22.2 Å². The van der Waals surface area contributed by atoms with Crippen molar-refractivity contribution in [1.29, 1.82) is 0 Å². The molecule has 0 saturated carbocycles. The maximum absolute atomic E-state index is 11.1. The van der Waals surface area contributed by atoms with Gasteiger partial charge < -0.3 is 10.5 Å². The van der Waals surface area contributed by atoms with Gasteiger partial charge in [0.1, 0.15) is 5.00 Å². The van der Waals surface area contributed by atoms with Crippen LogP contribution in [0.4, 0.5) is 9.80 Å². The molecule has 1 rings (SSSR count). The van der Waals surface area contributed by atoms with Crippen molar-refractivity contribution in [3.63, 3.8) is 0 Å². The largest absolute Gasteiger partial charge is 0.450 e. The Morgan fingerprint density at radius 2 is 2.27 bits per heavy atom. The van der Waals surface area contributed by atoms with Gasteiger partial charge in [-0.05, 0) is 19.9 Å². The molecule has 0 bridgehead atoms. The van der Waals surface area contributed by atoms with Crippen molar-refractivity contribution < 1.29 is 14.3 Å². The number of aryl methyl sites for hydroxylation is 1. The van der Waals surface area contributed by atoms with Gasteiger partial charge >= 0.3 is 6.09 Å². The molecule has 1 aromatic heterocycles. The molecule has 0 atom stereocenters. The molecule has 0 aliphatic rings. The number of hydrogen-bond acceptors (Lipinski definition) is 4. The summed E-state index contributed by atoms with van der Waals surface area (Å²) in [4.78, 5) is 23.0. The van der Waals surface area contributed by atoms with E-state index in [0.29, 0.717) is 10.6 Å². The zero-order chi connectivity index (χ0) is 11.4. The lowest BCUT2D eigenvalue weighted by atomic mass is 10.3. The quantitative estimate of drug-likeness (QED) is 0.826. The Morgan fingerprint density at radius 1 is 1.60 bits per heavy atom. The van der Waals surface area contributed by atoms with E-state index in [4.69, 9.17) is 10.5 Å². The molecule has 0 spiro atoms. The molecule has 15 heavy (non-hydrogen) atoms. The third-order valence-corrected chi connectivity index (χ3v) is 2.58. The number of primary amides is 1. The van der Waals surface area contributed by atoms with Gasteiger partial charge in [0.2, 0.25) is 0 Å². The second-order valence-corrected chi connectivity index (χ2v) is 4.07. The van der Waals surface area contributed by atoms with Gasteiger partial charge in [0.25, 0.3) is 5.91 Å². The van der Waals surface area contributed by atoms with E-state index in [9.17, 15) is 9.59 Å². The Balaban J connectivity index is 2.84. The first kappa shape index (κ1) is 11.5. The van der Waals surface area contributed by atoms with Crippen LogP contribution in [0.2, 0.25) is 0 Å². The number of anilines is 1. The molecule has 3 N–H and O–H groups in total. The molecule has 0 unspecified atom stereocenters. The number of carbonyl (C=O) groups is 2. The smallest absolute Gasteiger partial charge is 0.412 e. The lowest BCUT2D eigenvalue weighted by Gasteiger charge is -2.03. The Kier molecular flexibility index (Phi) is 3.68. The number of ether oxygens (including phenoxy) is 1. The number of amides is 2. The van der Waals surface area contributed by atoms with E-state index in [-0.39, 0.29) is 6.61 Å². The number of hydrogen-bond donors (Lipinski definition) is 2. The number of nitrogens with one attached hydrogen (secondary N) is 1. The Hall–Kier alpha value is -1.56. The first-order valence-corrected chi connectivity index (χ1v) is 5.20. The van der Waals surface area contributed by atoms with Crippen LogP contribution in [0.25, 0.3) is 0 Å². The molecule has 1 aromatic rings. The van der Waals surface area contributed by atoms with E-state index >= 15 is 0 Å². The summed E-state index contributed by atoms with van der Waals surface area (Å²) in [5, 5.41) is 2.90. The van der Waals surface area contributed by atoms with Gasteiger partial charge in [-0.1, -0.05) is 0 Å². The van der Waals surface area contributed by atoms with Crippen LogP contribution in [0, 0.1) is 6.92 Å². The Morgan fingerprint density at radius 3 is 2.80 bits per heavy atom. The van der Waals surface area contributed by atoms with Crippen molar-refractivity contribution in [2.45, 2.75) is 13.8 Å². The molecule has 1 heterocycles. The topological polar surface area (TPSA) is 81.4 Å². The maximum Gasteiger partial charge on any atom is 0.412 e. The van der Waals surface area contributed by atoms with Gasteiger partial charge in [0.05, 0.1) is 12.2 Å². The van der Waals surface area contributed by atoms with E-state index in [1.807, 2.05) is 6.92 Å². The Labute approximate surface area is 91.2 Å². The molecule has 0 aliphatic heterocycles. The molecule has 0 fully saturated rings. The minimum absolute atomic E-state index is 0.280. The zero-order valence-electron chi connectivity index (χ0n) is 8.49. The van der Waals surface area contributed by atoms with Gasteiger partial charge in [-0.15, -0.1) is 11.3 Å². The standard InChI is InChI=1S/C9H12N2O3S/c1-3-14-9(13)11-8-6(7(10)12)4-5(2)15-8/h4H,3H2,1-2H3,(H2,10,12)(H,11,13). The van der Waals surface area contributed by atoms with Gasteiger partial charge in [0, 0.05) is 4.88 Å². The van der Waals surface area contributed by atoms with Gasteiger partial charge in [-0.25, -0.2) is 4.79 Å². The average Bonchev–Trinajstić information content (AvgIpc) is 2.47. The summed E-state index contributed by atoms with van der Waals surface area (Å²) in [5.41, 5.74) is 5.46. The molecular formula is C9H12N2O3S. The van der Waals surface area contributed by atoms with E-state index < -0.39 is 12.0 Å². The Bertz CT molecular complexity index is 387. The van der Waals surface area contributed by atoms with E-state index in [0.717, 1.165) is 4.88 Å². The van der Waals surface area contributed by atoms with E-state index in [1.54, 1.807) is 13.0 Å². The number of thiophene rings is 1. The van der Waals surface area contributed by atoms with Crippen LogP contribution < -0.4 is 11.1 Å². The lowest BCUT2D eigenvalue weighted by molar-refractivity contribution is 0.100. The fraction of sp³-hybridized carbons (Fsp3) is 0.333. The molecule has 0 aliphatic carbocycles. The number of nitrogens with two attached hydrogens (primary N) is 1. The van der Waals surface area contributed by atoms with Crippen molar-refractivity contribution in [3.05, 3.63) is 16.5 Å². The fourth-order valence-electron chi connectivity index (χ4n) is 1.05. The van der Waals surface area contributed by atoms with Gasteiger partial charge in [0.15, 0.2) is 0 Å².